The van der Waals surface area contributed by atoms with E-state index in [1.165, 1.54) is 0 Å². The first kappa shape index (κ1) is 20.5. The van der Waals surface area contributed by atoms with Gasteiger partial charge in [-0.2, -0.15) is 0 Å². The van der Waals surface area contributed by atoms with Crippen LogP contribution >= 0.6 is 12.2 Å². The van der Waals surface area contributed by atoms with E-state index in [0.717, 1.165) is 18.5 Å². The Labute approximate surface area is 170 Å². The summed E-state index contributed by atoms with van der Waals surface area (Å²) in [5.41, 5.74) is 6.51. The Kier molecular flexibility index (Phi) is 6.14. The van der Waals surface area contributed by atoms with Crippen molar-refractivity contribution in [3.05, 3.63) is 18.2 Å². The Morgan fingerprint density at radius 1 is 1.36 bits per heavy atom. The maximum Gasteiger partial charge on any atom is 0.410 e. The minimum absolute atomic E-state index is 0.131. The van der Waals surface area contributed by atoms with Crippen LogP contribution < -0.4 is 25.8 Å². The van der Waals surface area contributed by atoms with Crippen LogP contribution in [0.4, 0.5) is 10.5 Å². The van der Waals surface area contributed by atoms with Crippen molar-refractivity contribution in [1.82, 2.24) is 10.2 Å². The first-order valence-corrected chi connectivity index (χ1v) is 9.83. The highest BCUT2D eigenvalue weighted by Gasteiger charge is 2.30. The zero-order valence-electron chi connectivity index (χ0n) is 16.5. The Hall–Kier alpha value is -2.26. The number of hydrogen-bond acceptors (Lipinski definition) is 6. The van der Waals surface area contributed by atoms with E-state index in [1.807, 2.05) is 39.0 Å². The van der Waals surface area contributed by atoms with Gasteiger partial charge in [-0.1, -0.05) is 6.07 Å². The van der Waals surface area contributed by atoms with E-state index in [0.29, 0.717) is 29.7 Å². The van der Waals surface area contributed by atoms with Gasteiger partial charge in [-0.3, -0.25) is 0 Å². The summed E-state index contributed by atoms with van der Waals surface area (Å²) in [6, 6.07) is 5.24. The van der Waals surface area contributed by atoms with Crippen molar-refractivity contribution in [2.75, 3.05) is 25.2 Å². The number of rotatable bonds is 2. The van der Waals surface area contributed by atoms with Gasteiger partial charge in [-0.25, -0.2) is 4.79 Å². The summed E-state index contributed by atoms with van der Waals surface area (Å²) in [4.78, 5) is 14.2. The molecular weight excluding hydrogens is 380 g/mol. The molecule has 28 heavy (non-hydrogen) atoms. The van der Waals surface area contributed by atoms with E-state index in [9.17, 15) is 4.79 Å². The topological polar surface area (TPSA) is 98.1 Å². The zero-order valence-corrected chi connectivity index (χ0v) is 17.3. The van der Waals surface area contributed by atoms with Crippen LogP contribution in [0.15, 0.2) is 18.2 Å². The summed E-state index contributed by atoms with van der Waals surface area (Å²) in [7, 11) is 0. The predicted molar refractivity (Wildman–Crippen MR) is 111 cm³/mol. The number of nitrogens with two attached hydrogens (primary N) is 1. The summed E-state index contributed by atoms with van der Waals surface area (Å²) in [5.74, 6) is 1.31. The summed E-state index contributed by atoms with van der Waals surface area (Å²) >= 11 is 5.47. The van der Waals surface area contributed by atoms with Crippen molar-refractivity contribution in [3.63, 3.8) is 0 Å². The maximum absolute atomic E-state index is 12.5. The van der Waals surface area contributed by atoms with Crippen LogP contribution in [0.3, 0.4) is 0 Å². The average molecular weight is 409 g/mol. The molecule has 2 aliphatic rings. The monoisotopic (exact) mass is 408 g/mol. The zero-order chi connectivity index (χ0) is 20.3. The molecule has 3 rings (SSSR count). The first-order chi connectivity index (χ1) is 13.2. The lowest BCUT2D eigenvalue weighted by molar-refractivity contribution is 0.0246. The van der Waals surface area contributed by atoms with Crippen molar-refractivity contribution in [1.29, 1.82) is 0 Å². The lowest BCUT2D eigenvalue weighted by Gasteiger charge is -2.30. The minimum Gasteiger partial charge on any atom is -0.454 e. The van der Waals surface area contributed by atoms with Gasteiger partial charge in [0.15, 0.2) is 16.6 Å². The number of benzene rings is 1. The number of nitrogens with one attached hydrogen (secondary N) is 2. The van der Waals surface area contributed by atoms with E-state index in [4.69, 9.17) is 32.2 Å². The fourth-order valence-corrected chi connectivity index (χ4v) is 3.44. The van der Waals surface area contributed by atoms with Crippen LogP contribution in [0.2, 0.25) is 0 Å². The number of para-hydroxylation sites is 1. The van der Waals surface area contributed by atoms with E-state index in [1.54, 1.807) is 4.90 Å². The second kappa shape index (κ2) is 8.40. The SMILES string of the molecule is CC(C)(C)OC(=O)N1CCC[C@@H](N)[C@@H](NC(=S)Nc2cccc3c2OCO3)C1. The molecule has 1 fully saturated rings. The van der Waals surface area contributed by atoms with Crippen molar-refractivity contribution in [3.8, 4) is 11.5 Å². The Morgan fingerprint density at radius 2 is 2.14 bits per heavy atom. The second-order valence-corrected chi connectivity index (χ2v) is 8.39. The second-order valence-electron chi connectivity index (χ2n) is 7.98. The number of anilines is 1. The molecule has 4 N–H and O–H groups in total. The Morgan fingerprint density at radius 3 is 2.89 bits per heavy atom. The van der Waals surface area contributed by atoms with Crippen LogP contribution in [-0.4, -0.2) is 53.7 Å². The number of fused-ring (bicyclic) bond motifs is 1. The number of thiocarbonyl (C=S) groups is 1. The molecule has 0 radical (unpaired) electrons. The molecule has 0 saturated carbocycles. The van der Waals surface area contributed by atoms with Gasteiger partial charge in [0.1, 0.15) is 5.60 Å². The molecule has 0 bridgehead atoms. The number of amides is 1. The van der Waals surface area contributed by atoms with E-state index in [2.05, 4.69) is 10.6 Å². The number of nitrogens with zero attached hydrogens (tertiary/aromatic N) is 1. The highest BCUT2D eigenvalue weighted by atomic mass is 32.1. The number of likely N-dealkylation sites (tertiary alicyclic amines) is 1. The molecule has 1 amide bonds. The van der Waals surface area contributed by atoms with E-state index >= 15 is 0 Å². The normalized spacial score (nSPS) is 21.6. The molecule has 1 aromatic rings. The third-order valence-corrected chi connectivity index (χ3v) is 4.73. The molecular formula is C19H28N4O4S. The molecule has 2 atom stereocenters. The molecule has 8 nitrogen and oxygen atoms in total. The third kappa shape index (κ3) is 5.17. The van der Waals surface area contributed by atoms with Crippen LogP contribution in [0.25, 0.3) is 0 Å². The standard InChI is InChI=1S/C19H28N4O4S/c1-19(2,3)27-18(24)23-9-5-6-12(20)14(10-23)22-17(28)21-13-7-4-8-15-16(13)26-11-25-15/h4,7-8,12,14H,5-6,9-11,20H2,1-3H3,(H2,21,22,28)/t12-,14+/m1/s1. The van der Waals surface area contributed by atoms with Gasteiger partial charge >= 0.3 is 6.09 Å². The molecule has 9 heteroatoms. The largest absolute Gasteiger partial charge is 0.454 e. The van der Waals surface area contributed by atoms with Gasteiger partial charge in [0.25, 0.3) is 0 Å². The van der Waals surface area contributed by atoms with Crippen molar-refractivity contribution < 1.29 is 19.0 Å². The summed E-state index contributed by atoms with van der Waals surface area (Å²) in [5, 5.41) is 6.80. The van der Waals surface area contributed by atoms with E-state index < -0.39 is 5.60 Å². The van der Waals surface area contributed by atoms with Crippen molar-refractivity contribution in [2.45, 2.75) is 51.3 Å². The summed E-state index contributed by atoms with van der Waals surface area (Å²) in [6.07, 6.45) is 1.27. The molecule has 2 aliphatic heterocycles. The predicted octanol–water partition coefficient (Wildman–Crippen LogP) is 2.43. The highest BCUT2D eigenvalue weighted by molar-refractivity contribution is 7.80. The van der Waals surface area contributed by atoms with Crippen LogP contribution in [-0.2, 0) is 4.74 Å². The fraction of sp³-hybridized carbons (Fsp3) is 0.579. The van der Waals surface area contributed by atoms with Gasteiger partial charge in [0.2, 0.25) is 6.79 Å². The van der Waals surface area contributed by atoms with Crippen LogP contribution in [0.1, 0.15) is 33.6 Å². The third-order valence-electron chi connectivity index (χ3n) is 4.51. The maximum atomic E-state index is 12.5. The smallest absolute Gasteiger partial charge is 0.410 e. The van der Waals surface area contributed by atoms with Crippen molar-refractivity contribution >= 4 is 29.1 Å². The average Bonchev–Trinajstić information content (AvgIpc) is 3.00. The quantitative estimate of drug-likeness (QED) is 0.642. The van der Waals surface area contributed by atoms with Gasteiger partial charge < -0.3 is 35.5 Å². The Bertz CT molecular complexity index is 737. The molecule has 2 heterocycles. The number of hydrogen-bond donors (Lipinski definition) is 3. The fourth-order valence-electron chi connectivity index (χ4n) is 3.18. The van der Waals surface area contributed by atoms with Gasteiger partial charge in [0, 0.05) is 19.1 Å². The lowest BCUT2D eigenvalue weighted by atomic mass is 10.1. The van der Waals surface area contributed by atoms with E-state index in [-0.39, 0.29) is 25.0 Å². The summed E-state index contributed by atoms with van der Waals surface area (Å²) < 4.78 is 16.4. The number of carbonyl (C=O) groups excluding carboxylic acids is 1. The Balaban J connectivity index is 1.63. The van der Waals surface area contributed by atoms with Crippen LogP contribution in [0.5, 0.6) is 11.5 Å². The highest BCUT2D eigenvalue weighted by Crippen LogP contribution is 2.38. The first-order valence-electron chi connectivity index (χ1n) is 9.42. The van der Waals surface area contributed by atoms with Gasteiger partial charge in [-0.15, -0.1) is 0 Å². The number of ether oxygens (including phenoxy) is 3. The minimum atomic E-state index is -0.541. The van der Waals surface area contributed by atoms with Gasteiger partial charge in [-0.05, 0) is 58.0 Å². The van der Waals surface area contributed by atoms with Crippen molar-refractivity contribution in [2.24, 2.45) is 5.73 Å². The molecule has 1 aromatic carbocycles. The molecule has 154 valence electrons. The van der Waals surface area contributed by atoms with Crippen LogP contribution in [0, 0.1) is 0 Å². The molecule has 1 saturated heterocycles. The molecule has 0 aliphatic carbocycles. The molecule has 0 aromatic heterocycles. The molecule has 0 unspecified atom stereocenters. The summed E-state index contributed by atoms with van der Waals surface area (Å²) in [6.45, 7) is 6.78. The van der Waals surface area contributed by atoms with Gasteiger partial charge in [0.05, 0.1) is 11.7 Å². The lowest BCUT2D eigenvalue weighted by Crippen LogP contribution is -2.54. The number of carbonyl (C=O) groups is 1. The molecule has 0 spiro atoms.